The van der Waals surface area contributed by atoms with E-state index in [1.54, 1.807) is 0 Å². The normalized spacial score (nSPS) is 15.0. The van der Waals surface area contributed by atoms with Crippen LogP contribution in [-0.2, 0) is 27.3 Å². The van der Waals surface area contributed by atoms with E-state index >= 15 is 0 Å². The number of rotatable bonds is 8. The Kier molecular flexibility index (Phi) is 5.84. The molecule has 1 amide bonds. The van der Waals surface area contributed by atoms with Crippen LogP contribution in [0.4, 0.5) is 0 Å². The highest BCUT2D eigenvalue weighted by Gasteiger charge is 2.34. The summed E-state index contributed by atoms with van der Waals surface area (Å²) in [4.78, 5) is 23.8. The molecule has 1 unspecified atom stereocenters. The van der Waals surface area contributed by atoms with Crippen LogP contribution in [0.1, 0.15) is 36.1 Å². The van der Waals surface area contributed by atoms with Crippen LogP contribution in [0.3, 0.4) is 0 Å². The Bertz CT molecular complexity index is 1120. The summed E-state index contributed by atoms with van der Waals surface area (Å²) in [5.41, 5.74) is 9.79. The molecule has 0 radical (unpaired) electrons. The molecule has 0 spiro atoms. The van der Waals surface area contributed by atoms with E-state index in [0.717, 1.165) is 39.9 Å². The van der Waals surface area contributed by atoms with Crippen LogP contribution >= 0.6 is 0 Å². The molecule has 2 N–H and O–H groups in total. The molecule has 1 aliphatic rings. The first kappa shape index (κ1) is 20.8. The first-order valence-electron chi connectivity index (χ1n) is 10.4. The minimum Gasteiger partial charge on any atom is -0.494 e. The summed E-state index contributed by atoms with van der Waals surface area (Å²) in [6, 6.07) is 13.7. The van der Waals surface area contributed by atoms with Crippen LogP contribution in [0, 0.1) is 0 Å². The maximum absolute atomic E-state index is 12.2. The lowest BCUT2D eigenvalue weighted by Crippen LogP contribution is -2.19. The smallest absolute Gasteiger partial charge is 0.343 e. The number of aromatic nitrogens is 1. The van der Waals surface area contributed by atoms with Crippen molar-refractivity contribution < 1.29 is 23.8 Å². The minimum atomic E-state index is -0.464. The van der Waals surface area contributed by atoms with Gasteiger partial charge in [0.1, 0.15) is 11.5 Å². The van der Waals surface area contributed by atoms with Gasteiger partial charge in [0, 0.05) is 17.6 Å². The second-order valence-corrected chi connectivity index (χ2v) is 7.53. The van der Waals surface area contributed by atoms with Crippen molar-refractivity contribution in [3.05, 3.63) is 59.3 Å². The fourth-order valence-corrected chi connectivity index (χ4v) is 4.34. The number of primary amides is 1. The molecule has 0 aliphatic heterocycles. The van der Waals surface area contributed by atoms with E-state index in [1.807, 2.05) is 49.4 Å². The average Bonchev–Trinajstić information content (AvgIpc) is 3.33. The highest BCUT2D eigenvalue weighted by atomic mass is 16.6. The molecular weight excluding hydrogens is 396 g/mol. The van der Waals surface area contributed by atoms with E-state index in [1.165, 1.54) is 7.11 Å². The molecule has 4 rings (SSSR count). The van der Waals surface area contributed by atoms with Crippen LogP contribution < -0.4 is 15.2 Å². The molecule has 7 nitrogen and oxygen atoms in total. The van der Waals surface area contributed by atoms with E-state index in [0.29, 0.717) is 25.3 Å². The maximum atomic E-state index is 12.2. The van der Waals surface area contributed by atoms with Crippen molar-refractivity contribution in [2.24, 2.45) is 5.73 Å². The number of ether oxygens (including phenoxy) is 3. The zero-order valence-corrected chi connectivity index (χ0v) is 17.7. The summed E-state index contributed by atoms with van der Waals surface area (Å²) in [6.45, 7) is 3.02. The Morgan fingerprint density at radius 2 is 1.90 bits per heavy atom. The summed E-state index contributed by atoms with van der Waals surface area (Å²) in [7, 11) is 1.32. The minimum absolute atomic E-state index is 0.199. The zero-order chi connectivity index (χ0) is 22.0. The molecule has 0 saturated carbocycles. The van der Waals surface area contributed by atoms with Gasteiger partial charge < -0.3 is 24.5 Å². The Hall–Kier alpha value is -3.48. The van der Waals surface area contributed by atoms with Crippen LogP contribution in [0.15, 0.2) is 42.5 Å². The van der Waals surface area contributed by atoms with Gasteiger partial charge in [0.25, 0.3) is 0 Å². The third-order valence-electron chi connectivity index (χ3n) is 5.71. The molecule has 7 heteroatoms. The highest BCUT2D eigenvalue weighted by molar-refractivity contribution is 5.97. The summed E-state index contributed by atoms with van der Waals surface area (Å²) >= 11 is 0. The third kappa shape index (κ3) is 3.95. The van der Waals surface area contributed by atoms with Crippen molar-refractivity contribution in [3.63, 3.8) is 0 Å². The molecule has 0 fully saturated rings. The molecule has 0 saturated heterocycles. The average molecular weight is 422 g/mol. The number of nitrogens with two attached hydrogens (primary N) is 1. The van der Waals surface area contributed by atoms with Gasteiger partial charge in [-0.2, -0.15) is 0 Å². The fraction of sp³-hybridized carbons (Fsp3) is 0.333. The van der Waals surface area contributed by atoms with Crippen molar-refractivity contribution in [3.8, 4) is 11.5 Å². The Labute approximate surface area is 180 Å². The van der Waals surface area contributed by atoms with Crippen LogP contribution in [0.25, 0.3) is 10.9 Å². The molecule has 2 aromatic carbocycles. The van der Waals surface area contributed by atoms with Crippen molar-refractivity contribution in [1.29, 1.82) is 0 Å². The fourth-order valence-electron chi connectivity index (χ4n) is 4.34. The van der Waals surface area contributed by atoms with Gasteiger partial charge in [-0.25, -0.2) is 4.79 Å². The number of carbonyl (C=O) groups is 2. The summed E-state index contributed by atoms with van der Waals surface area (Å²) in [5.74, 6) is 0.205. The predicted octanol–water partition coefficient (Wildman–Crippen LogP) is 3.16. The number of methoxy groups -OCH3 is 1. The number of hydrogen-bond donors (Lipinski definition) is 1. The first-order valence-corrected chi connectivity index (χ1v) is 10.4. The lowest BCUT2D eigenvalue weighted by atomic mass is 9.99. The Morgan fingerprint density at radius 3 is 2.58 bits per heavy atom. The first-order chi connectivity index (χ1) is 15.0. The summed E-state index contributed by atoms with van der Waals surface area (Å²) in [6.07, 6.45) is 1.43. The second-order valence-electron chi connectivity index (χ2n) is 7.53. The largest absolute Gasteiger partial charge is 0.494 e. The molecule has 162 valence electrons. The van der Waals surface area contributed by atoms with Crippen molar-refractivity contribution >= 4 is 22.8 Å². The van der Waals surface area contributed by atoms with Gasteiger partial charge in [-0.15, -0.1) is 0 Å². The standard InChI is InChI=1S/C24H26N2O5/c1-3-30-16-9-7-15(8-10-16)13-26-18-5-4-6-20(31-14-21(27)29-2)23(18)22-17(24(25)28)11-12-19(22)26/h4-10,17H,3,11-14H2,1-2H3,(H2,25,28). The highest BCUT2D eigenvalue weighted by Crippen LogP contribution is 2.44. The van der Waals surface area contributed by atoms with Gasteiger partial charge >= 0.3 is 5.97 Å². The van der Waals surface area contributed by atoms with E-state index in [2.05, 4.69) is 4.57 Å². The van der Waals surface area contributed by atoms with Crippen LogP contribution in [-0.4, -0.2) is 36.8 Å². The zero-order valence-electron chi connectivity index (χ0n) is 17.7. The number of carbonyl (C=O) groups excluding carboxylic acids is 2. The monoisotopic (exact) mass is 422 g/mol. The quantitative estimate of drug-likeness (QED) is 0.563. The molecule has 1 heterocycles. The Morgan fingerprint density at radius 1 is 1.13 bits per heavy atom. The number of hydrogen-bond acceptors (Lipinski definition) is 5. The molecule has 31 heavy (non-hydrogen) atoms. The second kappa shape index (κ2) is 8.71. The van der Waals surface area contributed by atoms with Gasteiger partial charge in [0.2, 0.25) is 5.91 Å². The van der Waals surface area contributed by atoms with Gasteiger partial charge in [-0.3, -0.25) is 4.79 Å². The van der Waals surface area contributed by atoms with Crippen molar-refractivity contribution in [1.82, 2.24) is 4.57 Å². The van der Waals surface area contributed by atoms with Crippen LogP contribution in [0.5, 0.6) is 11.5 Å². The van der Waals surface area contributed by atoms with E-state index in [-0.39, 0.29) is 18.4 Å². The Balaban J connectivity index is 1.79. The molecule has 3 aromatic rings. The van der Waals surface area contributed by atoms with E-state index in [4.69, 9.17) is 19.9 Å². The van der Waals surface area contributed by atoms with E-state index in [9.17, 15) is 9.59 Å². The number of amides is 1. The molecule has 1 aliphatic carbocycles. The van der Waals surface area contributed by atoms with Gasteiger partial charge in [-0.05, 0) is 55.2 Å². The van der Waals surface area contributed by atoms with Crippen LogP contribution in [0.2, 0.25) is 0 Å². The molecule has 1 aromatic heterocycles. The lowest BCUT2D eigenvalue weighted by molar-refractivity contribution is -0.142. The van der Waals surface area contributed by atoms with Gasteiger partial charge in [0.05, 0.1) is 25.2 Å². The maximum Gasteiger partial charge on any atom is 0.343 e. The van der Waals surface area contributed by atoms with Gasteiger partial charge in [-0.1, -0.05) is 18.2 Å². The molecule has 1 atom stereocenters. The lowest BCUT2D eigenvalue weighted by Gasteiger charge is -2.12. The summed E-state index contributed by atoms with van der Waals surface area (Å²) in [5, 5.41) is 0.841. The van der Waals surface area contributed by atoms with Crippen molar-refractivity contribution in [2.45, 2.75) is 32.2 Å². The van der Waals surface area contributed by atoms with E-state index < -0.39 is 5.97 Å². The topological polar surface area (TPSA) is 92.8 Å². The predicted molar refractivity (Wildman–Crippen MR) is 116 cm³/mol. The van der Waals surface area contributed by atoms with Crippen molar-refractivity contribution in [2.75, 3.05) is 20.3 Å². The third-order valence-corrected chi connectivity index (χ3v) is 5.71. The summed E-state index contributed by atoms with van der Waals surface area (Å²) < 4.78 is 18.2. The SMILES string of the molecule is CCOc1ccc(Cn2c3c(c4c(OCC(=O)OC)cccc42)C(C(N)=O)CC3)cc1. The number of fused-ring (bicyclic) bond motifs is 3. The number of nitrogens with zero attached hydrogens (tertiary/aromatic N) is 1. The van der Waals surface area contributed by atoms with Gasteiger partial charge in [0.15, 0.2) is 6.61 Å². The number of benzene rings is 2. The molecule has 0 bridgehead atoms. The molecular formula is C24H26N2O5. The number of esters is 1.